The molecule has 2 aromatic carbocycles. The number of nitrogens with zero attached hydrogens (tertiary/aromatic N) is 1. The Morgan fingerprint density at radius 3 is 2.50 bits per heavy atom. The minimum absolute atomic E-state index is 0.0484. The molecule has 0 amide bonds. The highest BCUT2D eigenvalue weighted by molar-refractivity contribution is 5.34. The van der Waals surface area contributed by atoms with E-state index in [1.807, 2.05) is 43.3 Å². The first-order chi connectivity index (χ1) is 11.6. The molecule has 0 aliphatic heterocycles. The second kappa shape index (κ2) is 6.72. The molecular weight excluding hydrogens is 303 g/mol. The second-order valence-corrected chi connectivity index (χ2v) is 6.63. The minimum atomic E-state index is -0.492. The summed E-state index contributed by atoms with van der Waals surface area (Å²) in [6.07, 6.45) is 1.46. The first-order valence-corrected chi connectivity index (χ1v) is 8.22. The van der Waals surface area contributed by atoms with E-state index in [0.717, 1.165) is 24.0 Å². The molecule has 3 rings (SSSR count). The SMILES string of the molecule is CC(NCC1(C(O)c2ccccc2)CC1)c1ccc(C#N)c(F)c1. The quantitative estimate of drug-likeness (QED) is 0.848. The van der Waals surface area contributed by atoms with Gasteiger partial charge in [0, 0.05) is 18.0 Å². The summed E-state index contributed by atoms with van der Waals surface area (Å²) in [6, 6.07) is 16.2. The van der Waals surface area contributed by atoms with Crippen molar-refractivity contribution < 1.29 is 9.50 Å². The first-order valence-electron chi connectivity index (χ1n) is 8.22. The molecule has 0 radical (unpaired) electrons. The molecule has 4 heteroatoms. The van der Waals surface area contributed by atoms with Gasteiger partial charge in [-0.15, -0.1) is 0 Å². The van der Waals surface area contributed by atoms with E-state index in [4.69, 9.17) is 5.26 Å². The van der Waals surface area contributed by atoms with Gasteiger partial charge in [0.2, 0.25) is 0 Å². The molecule has 1 fully saturated rings. The molecule has 0 spiro atoms. The summed E-state index contributed by atoms with van der Waals surface area (Å²) in [4.78, 5) is 0. The van der Waals surface area contributed by atoms with Gasteiger partial charge in [0.15, 0.2) is 0 Å². The van der Waals surface area contributed by atoms with Gasteiger partial charge in [-0.05, 0) is 43.0 Å². The van der Waals surface area contributed by atoms with Crippen molar-refractivity contribution in [1.29, 1.82) is 5.26 Å². The maximum absolute atomic E-state index is 13.8. The number of benzene rings is 2. The van der Waals surface area contributed by atoms with Crippen LogP contribution in [0.25, 0.3) is 0 Å². The molecule has 2 unspecified atom stereocenters. The fraction of sp³-hybridized carbons (Fsp3) is 0.350. The van der Waals surface area contributed by atoms with Gasteiger partial charge in [-0.3, -0.25) is 0 Å². The van der Waals surface area contributed by atoms with Crippen LogP contribution in [-0.2, 0) is 0 Å². The monoisotopic (exact) mass is 324 g/mol. The lowest BCUT2D eigenvalue weighted by atomic mass is 9.92. The molecule has 3 nitrogen and oxygen atoms in total. The van der Waals surface area contributed by atoms with Gasteiger partial charge in [-0.1, -0.05) is 36.4 Å². The topological polar surface area (TPSA) is 56.0 Å². The zero-order valence-electron chi connectivity index (χ0n) is 13.7. The third kappa shape index (κ3) is 3.33. The van der Waals surface area contributed by atoms with E-state index in [-0.39, 0.29) is 17.0 Å². The third-order valence-electron chi connectivity index (χ3n) is 4.96. The summed E-state index contributed by atoms with van der Waals surface area (Å²) < 4.78 is 13.8. The molecule has 0 aromatic heterocycles. The van der Waals surface area contributed by atoms with Crippen molar-refractivity contribution in [2.24, 2.45) is 5.41 Å². The van der Waals surface area contributed by atoms with Crippen LogP contribution in [-0.4, -0.2) is 11.7 Å². The zero-order chi connectivity index (χ0) is 17.2. The van der Waals surface area contributed by atoms with Crippen LogP contribution < -0.4 is 5.32 Å². The van der Waals surface area contributed by atoms with Crippen LogP contribution >= 0.6 is 0 Å². The largest absolute Gasteiger partial charge is 0.388 e. The number of aliphatic hydroxyl groups excluding tert-OH is 1. The average Bonchev–Trinajstić information content (AvgIpc) is 3.41. The van der Waals surface area contributed by atoms with Crippen molar-refractivity contribution in [3.63, 3.8) is 0 Å². The van der Waals surface area contributed by atoms with Crippen molar-refractivity contribution in [2.45, 2.75) is 31.9 Å². The lowest BCUT2D eigenvalue weighted by Crippen LogP contribution is -2.30. The van der Waals surface area contributed by atoms with Crippen LogP contribution in [0.4, 0.5) is 4.39 Å². The number of rotatable bonds is 6. The predicted octanol–water partition coefficient (Wildman–Crippen LogP) is 3.86. The summed E-state index contributed by atoms with van der Waals surface area (Å²) in [5.74, 6) is -0.492. The molecule has 0 bridgehead atoms. The number of nitriles is 1. The molecule has 2 atom stereocenters. The third-order valence-corrected chi connectivity index (χ3v) is 4.96. The van der Waals surface area contributed by atoms with Crippen LogP contribution in [0.5, 0.6) is 0 Å². The summed E-state index contributed by atoms with van der Waals surface area (Å²) in [5.41, 5.74) is 1.66. The molecule has 24 heavy (non-hydrogen) atoms. The summed E-state index contributed by atoms with van der Waals surface area (Å²) in [7, 11) is 0. The number of hydrogen-bond acceptors (Lipinski definition) is 3. The standard InChI is InChI=1S/C20H21FN2O/c1-14(16-7-8-17(12-22)18(21)11-16)23-13-20(9-10-20)19(24)15-5-3-2-4-6-15/h2-8,11,14,19,23-24H,9-10,13H2,1H3. The van der Waals surface area contributed by atoms with Crippen molar-refractivity contribution in [2.75, 3.05) is 6.54 Å². The summed E-state index contributed by atoms with van der Waals surface area (Å²) in [5, 5.41) is 22.9. The first kappa shape index (κ1) is 16.6. The Bertz CT molecular complexity index is 750. The van der Waals surface area contributed by atoms with Crippen LogP contribution in [0.3, 0.4) is 0 Å². The van der Waals surface area contributed by atoms with E-state index in [2.05, 4.69) is 5.32 Å². The van der Waals surface area contributed by atoms with E-state index < -0.39 is 11.9 Å². The van der Waals surface area contributed by atoms with Gasteiger partial charge < -0.3 is 10.4 Å². The Balaban J connectivity index is 1.65. The number of hydrogen-bond donors (Lipinski definition) is 2. The highest BCUT2D eigenvalue weighted by Crippen LogP contribution is 2.54. The Kier molecular flexibility index (Phi) is 4.66. The zero-order valence-corrected chi connectivity index (χ0v) is 13.7. The normalized spacial score (nSPS) is 17.8. The number of halogens is 1. The fourth-order valence-electron chi connectivity index (χ4n) is 3.06. The van der Waals surface area contributed by atoms with E-state index in [1.54, 1.807) is 6.07 Å². The molecule has 1 saturated carbocycles. The van der Waals surface area contributed by atoms with Crippen molar-refractivity contribution in [3.8, 4) is 6.07 Å². The Morgan fingerprint density at radius 1 is 1.21 bits per heavy atom. The number of aliphatic hydroxyl groups is 1. The van der Waals surface area contributed by atoms with E-state index >= 15 is 0 Å². The Labute approximate surface area is 141 Å². The maximum Gasteiger partial charge on any atom is 0.141 e. The smallest absolute Gasteiger partial charge is 0.141 e. The van der Waals surface area contributed by atoms with Gasteiger partial charge in [0.1, 0.15) is 11.9 Å². The van der Waals surface area contributed by atoms with E-state index in [9.17, 15) is 9.50 Å². The maximum atomic E-state index is 13.8. The molecule has 0 heterocycles. The van der Waals surface area contributed by atoms with Crippen molar-refractivity contribution in [3.05, 3.63) is 71.0 Å². The van der Waals surface area contributed by atoms with Gasteiger partial charge in [0.05, 0.1) is 11.7 Å². The highest BCUT2D eigenvalue weighted by Gasteiger charge is 2.49. The summed E-state index contributed by atoms with van der Waals surface area (Å²) >= 11 is 0. The average molecular weight is 324 g/mol. The van der Waals surface area contributed by atoms with Gasteiger partial charge in [-0.25, -0.2) is 4.39 Å². The molecule has 2 aromatic rings. The lowest BCUT2D eigenvalue weighted by Gasteiger charge is -2.25. The van der Waals surface area contributed by atoms with Gasteiger partial charge >= 0.3 is 0 Å². The molecular formula is C20H21FN2O. The number of nitrogens with one attached hydrogen (secondary N) is 1. The summed E-state index contributed by atoms with van der Waals surface area (Å²) in [6.45, 7) is 2.64. The molecule has 0 saturated heterocycles. The molecule has 2 N–H and O–H groups in total. The lowest BCUT2D eigenvalue weighted by molar-refractivity contribution is 0.0903. The van der Waals surface area contributed by atoms with Gasteiger partial charge in [-0.2, -0.15) is 5.26 Å². The molecule has 1 aliphatic carbocycles. The van der Waals surface area contributed by atoms with Crippen molar-refractivity contribution in [1.82, 2.24) is 5.32 Å². The van der Waals surface area contributed by atoms with E-state index in [1.165, 1.54) is 12.1 Å². The van der Waals surface area contributed by atoms with Gasteiger partial charge in [0.25, 0.3) is 0 Å². The van der Waals surface area contributed by atoms with E-state index in [0.29, 0.717) is 6.54 Å². The predicted molar refractivity (Wildman–Crippen MR) is 90.6 cm³/mol. The van der Waals surface area contributed by atoms with Crippen LogP contribution in [0.15, 0.2) is 48.5 Å². The Morgan fingerprint density at radius 2 is 1.92 bits per heavy atom. The Hall–Kier alpha value is -2.22. The second-order valence-electron chi connectivity index (χ2n) is 6.63. The highest BCUT2D eigenvalue weighted by atomic mass is 19.1. The fourth-order valence-corrected chi connectivity index (χ4v) is 3.06. The minimum Gasteiger partial charge on any atom is -0.388 e. The molecule has 1 aliphatic rings. The van der Waals surface area contributed by atoms with Crippen LogP contribution in [0.1, 0.15) is 48.6 Å². The van der Waals surface area contributed by atoms with Crippen molar-refractivity contribution >= 4 is 0 Å². The van der Waals surface area contributed by atoms with Crippen LogP contribution in [0, 0.1) is 22.6 Å². The van der Waals surface area contributed by atoms with Crippen LogP contribution in [0.2, 0.25) is 0 Å². The molecule has 124 valence electrons.